The summed E-state index contributed by atoms with van der Waals surface area (Å²) in [5, 5.41) is -0.611. The molecule has 5 nitrogen and oxygen atoms in total. The summed E-state index contributed by atoms with van der Waals surface area (Å²) in [4.78, 5) is 17.7. The summed E-state index contributed by atoms with van der Waals surface area (Å²) in [6.07, 6.45) is -4.47. The Labute approximate surface area is 170 Å². The normalized spacial score (nSPS) is 25.5. The van der Waals surface area contributed by atoms with Gasteiger partial charge in [-0.3, -0.25) is 4.79 Å². The molecule has 0 N–H and O–H groups in total. The molecule has 3 rings (SSSR count). The summed E-state index contributed by atoms with van der Waals surface area (Å²) in [5.41, 5.74) is -0.904. The van der Waals surface area contributed by atoms with Crippen LogP contribution in [0.1, 0.15) is 25.8 Å². The number of thioether (sulfide) groups is 1. The fourth-order valence-corrected chi connectivity index (χ4v) is 7.40. The van der Waals surface area contributed by atoms with E-state index in [0.717, 1.165) is 23.9 Å². The van der Waals surface area contributed by atoms with Crippen molar-refractivity contribution >= 4 is 50.0 Å². The van der Waals surface area contributed by atoms with Gasteiger partial charge in [-0.25, -0.2) is 8.42 Å². The van der Waals surface area contributed by atoms with Crippen LogP contribution in [0, 0.1) is 5.92 Å². The molecule has 2 aliphatic rings. The minimum absolute atomic E-state index is 0.0731. The Hall–Kier alpha value is -1.26. The Morgan fingerprint density at radius 2 is 2.04 bits per heavy atom. The number of hydrogen-bond donors (Lipinski definition) is 0. The van der Waals surface area contributed by atoms with Crippen LogP contribution in [0.4, 0.5) is 18.9 Å². The highest BCUT2D eigenvalue weighted by atomic mass is 35.5. The lowest BCUT2D eigenvalue weighted by molar-refractivity contribution is -0.137. The Balaban J connectivity index is 2.05. The molecule has 1 aromatic carbocycles. The second kappa shape index (κ2) is 7.53. The molecule has 0 unspecified atom stereocenters. The number of amidine groups is 1. The molecule has 2 aliphatic heterocycles. The largest absolute Gasteiger partial charge is 0.417 e. The van der Waals surface area contributed by atoms with Crippen molar-refractivity contribution in [2.75, 3.05) is 16.4 Å². The van der Waals surface area contributed by atoms with Crippen molar-refractivity contribution in [1.82, 2.24) is 0 Å². The number of fused-ring (bicyclic) bond motifs is 1. The summed E-state index contributed by atoms with van der Waals surface area (Å²) < 4.78 is 63.9. The molecular weight excluding hydrogens is 437 g/mol. The number of benzene rings is 1. The van der Waals surface area contributed by atoms with E-state index in [1.54, 1.807) is 0 Å². The molecule has 11 heteroatoms. The van der Waals surface area contributed by atoms with Gasteiger partial charge in [-0.2, -0.15) is 18.2 Å². The van der Waals surface area contributed by atoms with Crippen molar-refractivity contribution in [3.8, 4) is 0 Å². The molecule has 28 heavy (non-hydrogen) atoms. The van der Waals surface area contributed by atoms with Gasteiger partial charge in [0.25, 0.3) is 0 Å². The number of nitrogens with zero attached hydrogens (tertiary/aromatic N) is 2. The van der Waals surface area contributed by atoms with Crippen molar-refractivity contribution in [2.45, 2.75) is 37.7 Å². The van der Waals surface area contributed by atoms with Crippen LogP contribution in [-0.4, -0.2) is 42.3 Å². The molecule has 1 amide bonds. The van der Waals surface area contributed by atoms with E-state index in [4.69, 9.17) is 11.6 Å². The number of rotatable bonds is 3. The molecule has 1 aromatic rings. The monoisotopic (exact) mass is 454 g/mol. The molecule has 154 valence electrons. The molecule has 0 bridgehead atoms. The first-order valence-electron chi connectivity index (χ1n) is 8.52. The highest BCUT2D eigenvalue weighted by molar-refractivity contribution is 8.16. The van der Waals surface area contributed by atoms with Gasteiger partial charge in [-0.05, 0) is 24.1 Å². The zero-order valence-corrected chi connectivity index (χ0v) is 17.4. The van der Waals surface area contributed by atoms with E-state index in [2.05, 4.69) is 4.99 Å². The van der Waals surface area contributed by atoms with Crippen LogP contribution >= 0.6 is 23.4 Å². The first kappa shape index (κ1) is 21.4. The lowest BCUT2D eigenvalue weighted by Gasteiger charge is -2.25. The van der Waals surface area contributed by atoms with Crippen LogP contribution in [0.25, 0.3) is 0 Å². The lowest BCUT2D eigenvalue weighted by Crippen LogP contribution is -2.38. The molecule has 0 aromatic heterocycles. The van der Waals surface area contributed by atoms with E-state index in [1.807, 2.05) is 13.8 Å². The van der Waals surface area contributed by atoms with E-state index in [-0.39, 0.29) is 39.9 Å². The van der Waals surface area contributed by atoms with E-state index in [0.29, 0.717) is 0 Å². The van der Waals surface area contributed by atoms with Crippen molar-refractivity contribution in [2.24, 2.45) is 10.9 Å². The molecule has 2 fully saturated rings. The smallest absolute Gasteiger partial charge is 0.316 e. The number of hydrogen-bond acceptors (Lipinski definition) is 4. The van der Waals surface area contributed by atoms with Gasteiger partial charge in [-0.1, -0.05) is 37.2 Å². The van der Waals surface area contributed by atoms with Crippen LogP contribution in [-0.2, 0) is 20.8 Å². The molecule has 0 saturated carbocycles. The number of halogens is 4. The standard InChI is InChI=1S/C17H18ClF3N2O3S2/c1-9(2)5-15(24)22-16-23(13-7-28(25,26)8-14(13)27-16)10-3-4-12(18)11(6-10)17(19,20)21/h3-4,6,9,13-14H,5,7-8H2,1-2H3/t13-,14+/m0/s1. The first-order chi connectivity index (χ1) is 12.9. The van der Waals surface area contributed by atoms with Crippen molar-refractivity contribution in [3.05, 3.63) is 28.8 Å². The summed E-state index contributed by atoms with van der Waals surface area (Å²) in [7, 11) is -3.31. The number of amides is 1. The quantitative estimate of drug-likeness (QED) is 0.690. The lowest BCUT2D eigenvalue weighted by atomic mass is 10.1. The highest BCUT2D eigenvalue weighted by Crippen LogP contribution is 2.43. The fraction of sp³-hybridized carbons (Fsp3) is 0.529. The number of alkyl halides is 3. The second-order valence-corrected chi connectivity index (χ2v) is 11.0. The van der Waals surface area contributed by atoms with Gasteiger partial charge in [-0.15, -0.1) is 0 Å². The minimum atomic E-state index is -4.66. The first-order valence-corrected chi connectivity index (χ1v) is 11.6. The van der Waals surface area contributed by atoms with E-state index >= 15 is 0 Å². The molecule has 0 radical (unpaired) electrons. The zero-order valence-electron chi connectivity index (χ0n) is 15.0. The third-order valence-corrected chi connectivity index (χ3v) is 7.94. The van der Waals surface area contributed by atoms with Gasteiger partial charge in [0.2, 0.25) is 5.91 Å². The molecule has 0 aliphatic carbocycles. The van der Waals surface area contributed by atoms with E-state index < -0.39 is 38.5 Å². The predicted octanol–water partition coefficient (Wildman–Crippen LogP) is 4.01. The number of sulfone groups is 1. The number of aliphatic imine (C=N–C) groups is 1. The molecule has 0 spiro atoms. The van der Waals surface area contributed by atoms with Gasteiger partial charge in [0.15, 0.2) is 15.0 Å². The summed E-state index contributed by atoms with van der Waals surface area (Å²) in [6, 6.07) is 2.80. The topological polar surface area (TPSA) is 66.8 Å². The Morgan fingerprint density at radius 3 is 2.64 bits per heavy atom. The predicted molar refractivity (Wildman–Crippen MR) is 105 cm³/mol. The van der Waals surface area contributed by atoms with Crippen LogP contribution in [0.3, 0.4) is 0 Å². The van der Waals surface area contributed by atoms with Gasteiger partial charge in [0.1, 0.15) is 0 Å². The van der Waals surface area contributed by atoms with Crippen LogP contribution < -0.4 is 4.90 Å². The summed E-state index contributed by atoms with van der Waals surface area (Å²) in [6.45, 7) is 3.71. The maximum atomic E-state index is 13.3. The maximum absolute atomic E-state index is 13.3. The number of carbonyl (C=O) groups is 1. The van der Waals surface area contributed by atoms with Gasteiger partial charge in [0, 0.05) is 17.4 Å². The Bertz CT molecular complexity index is 932. The zero-order chi connectivity index (χ0) is 20.9. The van der Waals surface area contributed by atoms with E-state index in [1.165, 1.54) is 11.0 Å². The summed E-state index contributed by atoms with van der Waals surface area (Å²) in [5.74, 6) is -0.624. The van der Waals surface area contributed by atoms with Crippen LogP contribution in [0.15, 0.2) is 23.2 Å². The number of anilines is 1. The van der Waals surface area contributed by atoms with Crippen LogP contribution in [0.2, 0.25) is 5.02 Å². The fourth-order valence-electron chi connectivity index (χ4n) is 3.25. The SMILES string of the molecule is CC(C)CC(=O)N=C1S[C@@H]2CS(=O)(=O)C[C@@H]2N1c1ccc(Cl)c(C(F)(F)F)c1. The molecular formula is C17H18ClF3N2O3S2. The third kappa shape index (κ3) is 4.49. The average Bonchev–Trinajstić information content (AvgIpc) is 2.97. The number of carbonyl (C=O) groups excluding carboxylic acids is 1. The van der Waals surface area contributed by atoms with Crippen molar-refractivity contribution in [3.63, 3.8) is 0 Å². The van der Waals surface area contributed by atoms with Gasteiger partial charge >= 0.3 is 6.18 Å². The molecule has 2 heterocycles. The van der Waals surface area contributed by atoms with Gasteiger partial charge < -0.3 is 4.90 Å². The maximum Gasteiger partial charge on any atom is 0.417 e. The Morgan fingerprint density at radius 1 is 1.36 bits per heavy atom. The summed E-state index contributed by atoms with van der Waals surface area (Å²) >= 11 is 6.82. The van der Waals surface area contributed by atoms with Gasteiger partial charge in [0.05, 0.1) is 28.1 Å². The van der Waals surface area contributed by atoms with Crippen molar-refractivity contribution < 1.29 is 26.4 Å². The average molecular weight is 455 g/mol. The minimum Gasteiger partial charge on any atom is -0.316 e. The second-order valence-electron chi connectivity index (χ2n) is 7.22. The molecule has 2 saturated heterocycles. The Kier molecular flexibility index (Phi) is 5.77. The third-order valence-electron chi connectivity index (χ3n) is 4.40. The van der Waals surface area contributed by atoms with E-state index in [9.17, 15) is 26.4 Å². The highest BCUT2D eigenvalue weighted by Gasteiger charge is 2.49. The molecule has 2 atom stereocenters. The van der Waals surface area contributed by atoms with Crippen molar-refractivity contribution in [1.29, 1.82) is 0 Å². The van der Waals surface area contributed by atoms with Crippen LogP contribution in [0.5, 0.6) is 0 Å².